The van der Waals surface area contributed by atoms with Crippen LogP contribution in [0.4, 0.5) is 0 Å². The molecule has 2 heterocycles. The van der Waals surface area contributed by atoms with Crippen LogP contribution in [-0.4, -0.2) is 44.1 Å². The van der Waals surface area contributed by atoms with Gasteiger partial charge in [-0.1, -0.05) is 52.4 Å². The molecule has 0 fully saturated rings. The van der Waals surface area contributed by atoms with Gasteiger partial charge < -0.3 is 0 Å². The Morgan fingerprint density at radius 2 is 1.06 bits per heavy atom. The second-order valence-electron chi connectivity index (χ2n) is 9.19. The number of aryl methyl sites for hydroxylation is 4. The van der Waals surface area contributed by atoms with Crippen molar-refractivity contribution in [3.05, 3.63) is 43.2 Å². The number of H-pyrrole nitrogens is 2. The molecule has 0 saturated carbocycles. The van der Waals surface area contributed by atoms with Crippen LogP contribution in [0, 0.1) is 13.8 Å². The van der Waals surface area contributed by atoms with Crippen molar-refractivity contribution in [2.45, 2.75) is 106 Å². The Morgan fingerprint density at radius 3 is 1.41 bits per heavy atom. The van der Waals surface area contributed by atoms with Crippen LogP contribution in [0.1, 0.15) is 102 Å². The van der Waals surface area contributed by atoms with Gasteiger partial charge in [0.2, 0.25) is 0 Å². The maximum absolute atomic E-state index is 12.8. The molecule has 0 bridgehead atoms. The van der Waals surface area contributed by atoms with E-state index in [0.717, 1.165) is 48.5 Å². The Labute approximate surface area is 203 Å². The molecule has 8 nitrogen and oxygen atoms in total. The molecule has 0 aromatic carbocycles. The summed E-state index contributed by atoms with van der Waals surface area (Å²) in [5.74, 6) is 0. The monoisotopic (exact) mass is 472 g/mol. The van der Waals surface area contributed by atoms with E-state index in [1.54, 1.807) is 9.36 Å². The molecule has 0 unspecified atom stereocenters. The minimum Gasteiger partial charge on any atom is -0.299 e. The number of rotatable bonds is 15. The molecule has 2 rings (SSSR count). The summed E-state index contributed by atoms with van der Waals surface area (Å²) < 4.78 is 3.40. The van der Waals surface area contributed by atoms with Gasteiger partial charge in [-0.3, -0.25) is 39.1 Å². The van der Waals surface area contributed by atoms with E-state index in [2.05, 4.69) is 34.0 Å². The predicted molar refractivity (Wildman–Crippen MR) is 142 cm³/mol. The third-order valence-electron chi connectivity index (χ3n) is 6.27. The largest absolute Gasteiger partial charge is 0.299 e. The lowest BCUT2D eigenvalue weighted by Crippen LogP contribution is -2.22. The van der Waals surface area contributed by atoms with Crippen molar-refractivity contribution in [3.63, 3.8) is 0 Å². The first-order valence-corrected chi connectivity index (χ1v) is 12.9. The summed E-state index contributed by atoms with van der Waals surface area (Å²) in [5.41, 5.74) is 4.46. The lowest BCUT2D eigenvalue weighted by atomic mass is 10.1. The van der Waals surface area contributed by atoms with Gasteiger partial charge in [0.25, 0.3) is 11.1 Å². The molecule has 0 amide bonds. The first-order chi connectivity index (χ1) is 16.3. The van der Waals surface area contributed by atoms with E-state index in [1.165, 1.54) is 25.7 Å². The Hall–Kier alpha value is -2.64. The van der Waals surface area contributed by atoms with Gasteiger partial charge in [0.05, 0.1) is 24.2 Å². The van der Waals surface area contributed by atoms with Crippen LogP contribution in [0.3, 0.4) is 0 Å². The van der Waals surface area contributed by atoms with Crippen molar-refractivity contribution in [1.29, 1.82) is 0 Å². The Bertz CT molecular complexity index is 994. The first-order valence-electron chi connectivity index (χ1n) is 12.9. The zero-order valence-corrected chi connectivity index (χ0v) is 22.1. The van der Waals surface area contributed by atoms with Gasteiger partial charge in [-0.15, -0.1) is 0 Å². The van der Waals surface area contributed by atoms with Crippen LogP contribution >= 0.6 is 0 Å². The summed E-state index contributed by atoms with van der Waals surface area (Å²) in [6, 6.07) is 0. The average molecular weight is 473 g/mol. The van der Waals surface area contributed by atoms with Crippen LogP contribution in [0.5, 0.6) is 0 Å². The van der Waals surface area contributed by atoms with Gasteiger partial charge in [0.15, 0.2) is 0 Å². The quantitative estimate of drug-likeness (QED) is 0.288. The molecule has 0 saturated heterocycles. The molecule has 0 aliphatic carbocycles. The van der Waals surface area contributed by atoms with Gasteiger partial charge in [0.1, 0.15) is 0 Å². The number of aromatic amines is 2. The van der Waals surface area contributed by atoms with Crippen LogP contribution in [0.25, 0.3) is 0 Å². The zero-order chi connectivity index (χ0) is 25.1. The number of hydrogen-bond donors (Lipinski definition) is 2. The zero-order valence-electron chi connectivity index (χ0n) is 22.1. The summed E-state index contributed by atoms with van der Waals surface area (Å²) in [4.78, 5) is 34.8. The SMILES string of the molecule is CCCCCCn1[nH]c(C)c(C(C)=NCCN=C(C)c2c(C)[nH]n(CCCCCC)c2=O)c1=O. The Balaban J connectivity index is 2.00. The van der Waals surface area contributed by atoms with Crippen molar-refractivity contribution < 1.29 is 0 Å². The molecule has 2 aromatic rings. The average Bonchev–Trinajstić information content (AvgIpc) is 3.25. The molecule has 8 heteroatoms. The highest BCUT2D eigenvalue weighted by Crippen LogP contribution is 2.07. The van der Waals surface area contributed by atoms with Crippen molar-refractivity contribution in [2.24, 2.45) is 9.98 Å². The normalized spacial score (nSPS) is 12.6. The number of nitrogens with one attached hydrogen (secondary N) is 2. The highest BCUT2D eigenvalue weighted by atomic mass is 16.1. The third kappa shape index (κ3) is 7.43. The molecule has 0 radical (unpaired) electrons. The maximum Gasteiger partial charge on any atom is 0.275 e. The molecule has 34 heavy (non-hydrogen) atoms. The summed E-state index contributed by atoms with van der Waals surface area (Å²) in [5, 5.41) is 6.38. The predicted octanol–water partition coefficient (Wildman–Crippen LogP) is 4.76. The van der Waals surface area contributed by atoms with Crippen molar-refractivity contribution in [2.75, 3.05) is 13.1 Å². The highest BCUT2D eigenvalue weighted by molar-refractivity contribution is 6.00. The van der Waals surface area contributed by atoms with E-state index in [9.17, 15) is 9.59 Å². The fourth-order valence-corrected chi connectivity index (χ4v) is 4.36. The third-order valence-corrected chi connectivity index (χ3v) is 6.27. The van der Waals surface area contributed by atoms with E-state index in [1.807, 2.05) is 27.7 Å². The van der Waals surface area contributed by atoms with E-state index >= 15 is 0 Å². The minimum absolute atomic E-state index is 0.00244. The molecule has 0 spiro atoms. The van der Waals surface area contributed by atoms with E-state index in [-0.39, 0.29) is 11.1 Å². The second-order valence-corrected chi connectivity index (χ2v) is 9.19. The molecule has 2 aromatic heterocycles. The van der Waals surface area contributed by atoms with E-state index in [0.29, 0.717) is 37.3 Å². The van der Waals surface area contributed by atoms with E-state index < -0.39 is 0 Å². The van der Waals surface area contributed by atoms with Gasteiger partial charge in [0, 0.05) is 35.9 Å². The first kappa shape index (κ1) is 27.6. The Morgan fingerprint density at radius 1 is 0.676 bits per heavy atom. The summed E-state index contributed by atoms with van der Waals surface area (Å²) >= 11 is 0. The highest BCUT2D eigenvalue weighted by Gasteiger charge is 2.15. The number of hydrogen-bond acceptors (Lipinski definition) is 4. The maximum atomic E-state index is 12.8. The summed E-state index contributed by atoms with van der Waals surface area (Å²) in [7, 11) is 0. The summed E-state index contributed by atoms with van der Waals surface area (Å²) in [6.07, 6.45) is 8.99. The van der Waals surface area contributed by atoms with Crippen LogP contribution in [-0.2, 0) is 13.1 Å². The molecule has 0 atom stereocenters. The van der Waals surface area contributed by atoms with Gasteiger partial charge in [-0.25, -0.2) is 0 Å². The lowest BCUT2D eigenvalue weighted by molar-refractivity contribution is 0.528. The van der Waals surface area contributed by atoms with E-state index in [4.69, 9.17) is 0 Å². The number of aliphatic imine (C=N–C) groups is 2. The van der Waals surface area contributed by atoms with Gasteiger partial charge in [-0.05, 0) is 40.5 Å². The Kier molecular flexibility index (Phi) is 11.3. The van der Waals surface area contributed by atoms with Gasteiger partial charge >= 0.3 is 0 Å². The number of unbranched alkanes of at least 4 members (excludes halogenated alkanes) is 6. The van der Waals surface area contributed by atoms with Crippen molar-refractivity contribution >= 4 is 11.4 Å². The summed E-state index contributed by atoms with van der Waals surface area (Å²) in [6.45, 7) is 14.3. The second kappa shape index (κ2) is 13.9. The molecule has 2 N–H and O–H groups in total. The minimum atomic E-state index is -0.00244. The fraction of sp³-hybridized carbons (Fsp3) is 0.692. The number of aromatic nitrogens is 4. The smallest absolute Gasteiger partial charge is 0.275 e. The molecular formula is C26H44N6O2. The topological polar surface area (TPSA) is 100 Å². The van der Waals surface area contributed by atoms with Crippen LogP contribution in [0.2, 0.25) is 0 Å². The molecule has 190 valence electrons. The number of nitrogens with zero attached hydrogens (tertiary/aromatic N) is 4. The molecular weight excluding hydrogens is 428 g/mol. The van der Waals surface area contributed by atoms with Crippen molar-refractivity contribution in [1.82, 2.24) is 19.6 Å². The van der Waals surface area contributed by atoms with Crippen LogP contribution in [0.15, 0.2) is 19.6 Å². The molecule has 0 aliphatic rings. The molecule has 0 aliphatic heterocycles. The standard InChI is InChI=1S/C26H44N6O2/c1-7-9-11-13-17-31-25(33)23(21(5)29-31)19(3)27-15-16-28-20(4)24-22(6)30-32(26(24)34)18-14-12-10-8-2/h29-30H,7-18H2,1-6H3. The van der Waals surface area contributed by atoms with Gasteiger partial charge in [-0.2, -0.15) is 0 Å². The van der Waals surface area contributed by atoms with Crippen molar-refractivity contribution in [3.8, 4) is 0 Å². The fourth-order valence-electron chi connectivity index (χ4n) is 4.36. The van der Waals surface area contributed by atoms with Crippen LogP contribution < -0.4 is 11.1 Å². The lowest BCUT2D eigenvalue weighted by Gasteiger charge is -2.01.